The van der Waals surface area contributed by atoms with Crippen molar-refractivity contribution in [1.82, 2.24) is 10.2 Å². The van der Waals surface area contributed by atoms with E-state index >= 15 is 0 Å². The summed E-state index contributed by atoms with van der Waals surface area (Å²) in [5.74, 6) is 0.731. The normalized spacial score (nSPS) is 33.6. The standard InChI is InChI=1S/C11H21N3O/c1-8-6-13-11(15)10(4-5-12)14(7-8)9-2-3-9/h8-10H,2-7,12H2,1H3,(H,13,15). The van der Waals surface area contributed by atoms with Crippen LogP contribution >= 0.6 is 0 Å². The molecule has 1 aliphatic carbocycles. The molecule has 2 fully saturated rings. The van der Waals surface area contributed by atoms with Crippen molar-refractivity contribution in [3.05, 3.63) is 0 Å². The average molecular weight is 211 g/mol. The Hall–Kier alpha value is -0.610. The van der Waals surface area contributed by atoms with E-state index in [-0.39, 0.29) is 11.9 Å². The molecule has 0 aromatic heterocycles. The Morgan fingerprint density at radius 1 is 1.53 bits per heavy atom. The summed E-state index contributed by atoms with van der Waals surface area (Å²) in [6, 6.07) is 0.667. The van der Waals surface area contributed by atoms with Gasteiger partial charge in [-0.1, -0.05) is 6.92 Å². The maximum atomic E-state index is 11.9. The van der Waals surface area contributed by atoms with Gasteiger partial charge in [-0.15, -0.1) is 0 Å². The van der Waals surface area contributed by atoms with Gasteiger partial charge in [-0.3, -0.25) is 9.69 Å². The maximum Gasteiger partial charge on any atom is 0.237 e. The number of rotatable bonds is 3. The Balaban J connectivity index is 2.08. The van der Waals surface area contributed by atoms with Crippen molar-refractivity contribution in [1.29, 1.82) is 0 Å². The Labute approximate surface area is 91.2 Å². The van der Waals surface area contributed by atoms with Crippen molar-refractivity contribution in [2.24, 2.45) is 11.7 Å². The van der Waals surface area contributed by atoms with Crippen LogP contribution in [-0.4, -0.2) is 42.5 Å². The first-order valence-electron chi connectivity index (χ1n) is 5.96. The van der Waals surface area contributed by atoms with Gasteiger partial charge in [0.05, 0.1) is 6.04 Å². The Bertz CT molecular complexity index is 240. The largest absolute Gasteiger partial charge is 0.354 e. The number of nitrogens with zero attached hydrogens (tertiary/aromatic N) is 1. The summed E-state index contributed by atoms with van der Waals surface area (Å²) in [5.41, 5.74) is 5.58. The molecule has 1 amide bonds. The summed E-state index contributed by atoms with van der Waals surface area (Å²) in [6.45, 7) is 4.63. The number of hydrogen-bond acceptors (Lipinski definition) is 3. The van der Waals surface area contributed by atoms with Crippen molar-refractivity contribution < 1.29 is 4.79 Å². The minimum absolute atomic E-state index is 0.0208. The second-order valence-electron chi connectivity index (χ2n) is 4.87. The van der Waals surface area contributed by atoms with Crippen LogP contribution < -0.4 is 11.1 Å². The van der Waals surface area contributed by atoms with Crippen molar-refractivity contribution >= 4 is 5.91 Å². The molecular weight excluding hydrogens is 190 g/mol. The van der Waals surface area contributed by atoms with Gasteiger partial charge in [0.15, 0.2) is 0 Å². The molecule has 0 aromatic carbocycles. The van der Waals surface area contributed by atoms with Crippen LogP contribution in [0.4, 0.5) is 0 Å². The molecule has 3 N–H and O–H groups in total. The minimum atomic E-state index is 0.0208. The fourth-order valence-electron chi connectivity index (χ4n) is 2.36. The van der Waals surface area contributed by atoms with Gasteiger partial charge in [0.25, 0.3) is 0 Å². The molecule has 0 radical (unpaired) electrons. The zero-order valence-corrected chi connectivity index (χ0v) is 9.41. The summed E-state index contributed by atoms with van der Waals surface area (Å²) in [7, 11) is 0. The first-order chi connectivity index (χ1) is 7.22. The van der Waals surface area contributed by atoms with E-state index in [1.807, 2.05) is 0 Å². The number of amides is 1. The van der Waals surface area contributed by atoms with Gasteiger partial charge in [0, 0.05) is 19.1 Å². The van der Waals surface area contributed by atoms with Crippen LogP contribution in [0.25, 0.3) is 0 Å². The molecule has 0 aromatic rings. The third kappa shape index (κ3) is 2.49. The summed E-state index contributed by atoms with van der Waals surface area (Å²) in [4.78, 5) is 14.3. The molecule has 0 spiro atoms. The van der Waals surface area contributed by atoms with Crippen molar-refractivity contribution in [3.8, 4) is 0 Å². The van der Waals surface area contributed by atoms with E-state index in [2.05, 4.69) is 17.1 Å². The average Bonchev–Trinajstić information content (AvgIpc) is 3.02. The molecule has 4 heteroatoms. The monoisotopic (exact) mass is 211 g/mol. The fraction of sp³-hybridized carbons (Fsp3) is 0.909. The highest BCUT2D eigenvalue weighted by molar-refractivity contribution is 5.82. The van der Waals surface area contributed by atoms with Gasteiger partial charge in [-0.05, 0) is 31.7 Å². The van der Waals surface area contributed by atoms with Crippen LogP contribution in [-0.2, 0) is 4.79 Å². The second-order valence-corrected chi connectivity index (χ2v) is 4.87. The Morgan fingerprint density at radius 3 is 2.87 bits per heavy atom. The van der Waals surface area contributed by atoms with Gasteiger partial charge in [-0.25, -0.2) is 0 Å². The first kappa shape index (κ1) is 10.9. The zero-order chi connectivity index (χ0) is 10.8. The van der Waals surface area contributed by atoms with E-state index in [1.54, 1.807) is 0 Å². The number of nitrogens with one attached hydrogen (secondary N) is 1. The molecule has 2 atom stereocenters. The van der Waals surface area contributed by atoms with E-state index in [4.69, 9.17) is 5.73 Å². The third-order valence-corrected chi connectivity index (χ3v) is 3.31. The zero-order valence-electron chi connectivity index (χ0n) is 9.41. The molecule has 2 unspecified atom stereocenters. The lowest BCUT2D eigenvalue weighted by atomic mass is 10.1. The van der Waals surface area contributed by atoms with Crippen molar-refractivity contribution in [3.63, 3.8) is 0 Å². The summed E-state index contributed by atoms with van der Waals surface area (Å²) in [6.07, 6.45) is 3.29. The van der Waals surface area contributed by atoms with E-state index in [0.29, 0.717) is 18.5 Å². The number of carbonyl (C=O) groups excluding carboxylic acids is 1. The lowest BCUT2D eigenvalue weighted by Crippen LogP contribution is -2.46. The van der Waals surface area contributed by atoms with E-state index in [0.717, 1.165) is 19.5 Å². The van der Waals surface area contributed by atoms with Crippen LogP contribution in [0.5, 0.6) is 0 Å². The molecule has 86 valence electrons. The second kappa shape index (κ2) is 4.49. The lowest BCUT2D eigenvalue weighted by molar-refractivity contribution is -0.125. The molecule has 1 saturated heterocycles. The van der Waals surface area contributed by atoms with Gasteiger partial charge < -0.3 is 11.1 Å². The summed E-state index contributed by atoms with van der Waals surface area (Å²) < 4.78 is 0. The van der Waals surface area contributed by atoms with Crippen molar-refractivity contribution in [2.75, 3.05) is 19.6 Å². The van der Waals surface area contributed by atoms with Crippen LogP contribution in [0.2, 0.25) is 0 Å². The Kier molecular flexibility index (Phi) is 3.26. The lowest BCUT2D eigenvalue weighted by Gasteiger charge is -2.28. The predicted molar refractivity (Wildman–Crippen MR) is 59.4 cm³/mol. The fourth-order valence-corrected chi connectivity index (χ4v) is 2.36. The molecule has 2 rings (SSSR count). The molecule has 2 aliphatic rings. The predicted octanol–water partition coefficient (Wildman–Crippen LogP) is -0.0659. The molecule has 4 nitrogen and oxygen atoms in total. The highest BCUT2D eigenvalue weighted by Crippen LogP contribution is 2.31. The van der Waals surface area contributed by atoms with Gasteiger partial charge >= 0.3 is 0 Å². The van der Waals surface area contributed by atoms with Crippen LogP contribution in [0.3, 0.4) is 0 Å². The molecule has 15 heavy (non-hydrogen) atoms. The minimum Gasteiger partial charge on any atom is -0.354 e. The molecule has 1 heterocycles. The number of hydrogen-bond donors (Lipinski definition) is 2. The highest BCUT2D eigenvalue weighted by atomic mass is 16.2. The van der Waals surface area contributed by atoms with Crippen LogP contribution in [0, 0.1) is 5.92 Å². The summed E-state index contributed by atoms with van der Waals surface area (Å²) >= 11 is 0. The molecular formula is C11H21N3O. The summed E-state index contributed by atoms with van der Waals surface area (Å²) in [5, 5.41) is 3.01. The SMILES string of the molecule is CC1CNC(=O)C(CCN)N(C2CC2)C1. The molecule has 0 bridgehead atoms. The van der Waals surface area contributed by atoms with Crippen LogP contribution in [0.15, 0.2) is 0 Å². The highest BCUT2D eigenvalue weighted by Gasteiger charge is 2.38. The smallest absolute Gasteiger partial charge is 0.237 e. The van der Waals surface area contributed by atoms with E-state index < -0.39 is 0 Å². The number of nitrogens with two attached hydrogens (primary N) is 1. The molecule has 1 aliphatic heterocycles. The van der Waals surface area contributed by atoms with E-state index in [9.17, 15) is 4.79 Å². The first-order valence-corrected chi connectivity index (χ1v) is 5.96. The van der Waals surface area contributed by atoms with Gasteiger partial charge in [0.1, 0.15) is 0 Å². The molecule has 1 saturated carbocycles. The third-order valence-electron chi connectivity index (χ3n) is 3.31. The van der Waals surface area contributed by atoms with Crippen molar-refractivity contribution in [2.45, 2.75) is 38.3 Å². The van der Waals surface area contributed by atoms with Gasteiger partial charge in [0.2, 0.25) is 5.91 Å². The number of carbonyl (C=O) groups is 1. The van der Waals surface area contributed by atoms with Gasteiger partial charge in [-0.2, -0.15) is 0 Å². The van der Waals surface area contributed by atoms with Crippen LogP contribution in [0.1, 0.15) is 26.2 Å². The topological polar surface area (TPSA) is 58.4 Å². The Morgan fingerprint density at radius 2 is 2.27 bits per heavy atom. The maximum absolute atomic E-state index is 11.9. The quantitative estimate of drug-likeness (QED) is 0.687. The van der Waals surface area contributed by atoms with E-state index in [1.165, 1.54) is 12.8 Å².